The van der Waals surface area contributed by atoms with Gasteiger partial charge in [-0.1, -0.05) is 91.9 Å². The van der Waals surface area contributed by atoms with Crippen LogP contribution in [-0.4, -0.2) is 22.5 Å². The number of hydrogen-bond acceptors (Lipinski definition) is 4. The fourth-order valence-electron chi connectivity index (χ4n) is 6.04. The van der Waals surface area contributed by atoms with Gasteiger partial charge in [0.05, 0.1) is 5.69 Å². The van der Waals surface area contributed by atoms with Gasteiger partial charge in [0.1, 0.15) is 41.1 Å². The Morgan fingerprint density at radius 2 is 1.17 bits per heavy atom. The molecule has 1 heterocycles. The van der Waals surface area contributed by atoms with Crippen LogP contribution in [0.15, 0.2) is 121 Å². The maximum absolute atomic E-state index is 14.9. The largest absolute Gasteiger partial charge is 1.00 e. The maximum atomic E-state index is 14.9. The summed E-state index contributed by atoms with van der Waals surface area (Å²) in [5.41, 5.74) is 2.21. The van der Waals surface area contributed by atoms with Crippen molar-refractivity contribution in [3.8, 4) is 0 Å². The predicted octanol–water partition coefficient (Wildman–Crippen LogP) is 4.62. The number of carbonyl (C=O) groups is 2. The van der Waals surface area contributed by atoms with E-state index < -0.39 is 24.5 Å². The Morgan fingerprint density at radius 3 is 1.59 bits per heavy atom. The van der Waals surface area contributed by atoms with Gasteiger partial charge in [0.25, 0.3) is 0 Å². The summed E-state index contributed by atoms with van der Waals surface area (Å²) in [4.78, 5) is 32.0. The first kappa shape index (κ1) is 34.9. The monoisotopic (exact) mass is 697 g/mol. The van der Waals surface area contributed by atoms with Gasteiger partial charge in [-0.2, -0.15) is 0 Å². The summed E-state index contributed by atoms with van der Waals surface area (Å²) >= 11 is 0. The maximum Gasteiger partial charge on any atom is 0.355 e. The number of aromatic amines is 1. The van der Waals surface area contributed by atoms with E-state index >= 15 is 0 Å². The van der Waals surface area contributed by atoms with Gasteiger partial charge in [-0.3, -0.25) is 0 Å². The fraction of sp³-hybridized carbons (Fsp3) is 0.231. The molecular formula is C39H41BrNO4P. The summed E-state index contributed by atoms with van der Waals surface area (Å²) in [6.07, 6.45) is 0.612. The molecule has 0 bridgehead atoms. The molecule has 0 radical (unpaired) electrons. The number of carbonyl (C=O) groups excluding carboxylic acids is 2. The molecule has 1 aromatic heterocycles. The van der Waals surface area contributed by atoms with Gasteiger partial charge in [0.2, 0.25) is 5.66 Å². The lowest BCUT2D eigenvalue weighted by Crippen LogP contribution is -3.00. The van der Waals surface area contributed by atoms with Gasteiger partial charge in [-0.25, -0.2) is 9.59 Å². The van der Waals surface area contributed by atoms with Crippen molar-refractivity contribution in [1.29, 1.82) is 0 Å². The molecule has 1 N–H and O–H groups in total. The van der Waals surface area contributed by atoms with Crippen molar-refractivity contribution >= 4 is 35.1 Å². The van der Waals surface area contributed by atoms with Gasteiger partial charge < -0.3 is 31.4 Å². The van der Waals surface area contributed by atoms with E-state index in [0.717, 1.165) is 32.6 Å². The number of halogens is 1. The molecule has 0 spiro atoms. The number of benzene rings is 4. The van der Waals surface area contributed by atoms with Crippen molar-refractivity contribution in [2.24, 2.45) is 0 Å². The smallest absolute Gasteiger partial charge is 0.355 e. The molecule has 0 fully saturated rings. The summed E-state index contributed by atoms with van der Waals surface area (Å²) in [7, 11) is -2.84. The molecule has 7 heteroatoms. The second kappa shape index (κ2) is 15.1. The minimum Gasteiger partial charge on any atom is -1.00 e. The number of rotatable bonds is 10. The molecule has 0 saturated heterocycles. The predicted molar refractivity (Wildman–Crippen MR) is 184 cm³/mol. The molecule has 0 amide bonds. The first-order valence-corrected chi connectivity index (χ1v) is 17.2. The van der Waals surface area contributed by atoms with Crippen LogP contribution >= 0.6 is 7.26 Å². The van der Waals surface area contributed by atoms with E-state index in [1.165, 1.54) is 0 Å². The van der Waals surface area contributed by atoms with E-state index in [9.17, 15) is 9.59 Å². The molecule has 5 aromatic rings. The van der Waals surface area contributed by atoms with E-state index in [0.29, 0.717) is 17.8 Å². The minimum atomic E-state index is -2.84. The summed E-state index contributed by atoms with van der Waals surface area (Å²) in [5, 5.41) is 3.12. The van der Waals surface area contributed by atoms with Crippen LogP contribution in [0.4, 0.5) is 0 Å². The molecule has 238 valence electrons. The number of hydrogen-bond donors (Lipinski definition) is 1. The summed E-state index contributed by atoms with van der Waals surface area (Å²) in [6, 6.07) is 40.5. The third-order valence-electron chi connectivity index (χ3n) is 7.97. The summed E-state index contributed by atoms with van der Waals surface area (Å²) < 4.78 is 12.1. The van der Waals surface area contributed by atoms with Crippen molar-refractivity contribution in [2.75, 3.05) is 0 Å². The normalized spacial score (nSPS) is 12.1. The van der Waals surface area contributed by atoms with Gasteiger partial charge in [-0.05, 0) is 87.2 Å². The average Bonchev–Trinajstić information content (AvgIpc) is 3.38. The third kappa shape index (κ3) is 7.19. The van der Waals surface area contributed by atoms with Crippen molar-refractivity contribution in [1.82, 2.24) is 4.98 Å². The third-order valence-corrected chi connectivity index (χ3v) is 12.5. The molecule has 0 aliphatic carbocycles. The van der Waals surface area contributed by atoms with Crippen LogP contribution in [0.5, 0.6) is 0 Å². The second-order valence-electron chi connectivity index (χ2n) is 12.1. The Bertz CT molecular complexity index is 1640. The number of nitrogens with one attached hydrogen (secondary N) is 1. The average molecular weight is 699 g/mol. The van der Waals surface area contributed by atoms with E-state index in [4.69, 9.17) is 9.47 Å². The standard InChI is InChI=1S/C39H40NO4P.BrH/c1-6-33-28(2)34(37(41)44-39(3,4)5)40-35(33)36(38(42)43-27-29-19-11-7-12-20-29)45(30-21-13-8-14-22-30,31-23-15-9-16-24-31)32-25-17-10-18-26-32;/h7-26,36H,6,27H2,1-5H3;1H. The quantitative estimate of drug-likeness (QED) is 0.171. The van der Waals surface area contributed by atoms with E-state index in [1.807, 2.05) is 113 Å². The zero-order valence-electron chi connectivity index (χ0n) is 27.0. The van der Waals surface area contributed by atoms with Crippen LogP contribution in [-0.2, 0) is 27.3 Å². The summed E-state index contributed by atoms with van der Waals surface area (Å²) in [5.74, 6) is -0.796. The molecular weight excluding hydrogens is 657 g/mol. The number of aromatic nitrogens is 1. The van der Waals surface area contributed by atoms with E-state index in [-0.39, 0.29) is 29.6 Å². The van der Waals surface area contributed by atoms with Crippen molar-refractivity contribution in [2.45, 2.75) is 58.9 Å². The lowest BCUT2D eigenvalue weighted by molar-refractivity contribution is -0.144. The lowest BCUT2D eigenvalue weighted by atomic mass is 10.1. The highest BCUT2D eigenvalue weighted by Gasteiger charge is 2.59. The molecule has 46 heavy (non-hydrogen) atoms. The van der Waals surface area contributed by atoms with Gasteiger partial charge in [0, 0.05) is 0 Å². The van der Waals surface area contributed by atoms with Crippen LogP contribution in [0.3, 0.4) is 0 Å². The van der Waals surface area contributed by atoms with Crippen molar-refractivity contribution in [3.63, 3.8) is 0 Å². The highest BCUT2D eigenvalue weighted by atomic mass is 79.9. The van der Waals surface area contributed by atoms with Crippen LogP contribution in [0, 0.1) is 6.92 Å². The van der Waals surface area contributed by atoms with Crippen molar-refractivity contribution in [3.05, 3.63) is 149 Å². The molecule has 0 saturated carbocycles. The molecule has 4 aromatic carbocycles. The molecule has 0 aliphatic heterocycles. The van der Waals surface area contributed by atoms with Gasteiger partial charge in [-0.15, -0.1) is 0 Å². The van der Waals surface area contributed by atoms with Gasteiger partial charge >= 0.3 is 11.9 Å². The first-order chi connectivity index (χ1) is 21.7. The van der Waals surface area contributed by atoms with Crippen molar-refractivity contribution < 1.29 is 36.0 Å². The Kier molecular flexibility index (Phi) is 11.4. The Hall–Kier alpha value is -3.99. The highest BCUT2D eigenvalue weighted by molar-refractivity contribution is 7.96. The zero-order chi connectivity index (χ0) is 32.0. The number of H-pyrrole nitrogens is 1. The SMILES string of the molecule is CCc1c(C(C(=O)OCc2ccccc2)[P+](c2ccccc2)(c2ccccc2)c2ccccc2)[nH]c(C(=O)OC(C)(C)C)c1C.[Br-]. The van der Waals surface area contributed by atoms with Crippen LogP contribution in [0.25, 0.3) is 0 Å². The summed E-state index contributed by atoms with van der Waals surface area (Å²) in [6.45, 7) is 9.67. The number of ether oxygens (including phenoxy) is 2. The Labute approximate surface area is 283 Å². The first-order valence-electron chi connectivity index (χ1n) is 15.4. The Balaban J connectivity index is 0.00000480. The number of esters is 2. The fourth-order valence-corrected chi connectivity index (χ4v) is 10.8. The van der Waals surface area contributed by atoms with Crippen LogP contribution < -0.4 is 32.9 Å². The molecule has 5 nitrogen and oxygen atoms in total. The van der Waals surface area contributed by atoms with Crippen LogP contribution in [0.1, 0.15) is 66.2 Å². The molecule has 0 aliphatic rings. The van der Waals surface area contributed by atoms with Crippen LogP contribution in [0.2, 0.25) is 0 Å². The second-order valence-corrected chi connectivity index (χ2v) is 15.6. The molecule has 1 atom stereocenters. The van der Waals surface area contributed by atoms with Gasteiger partial charge in [0.15, 0.2) is 0 Å². The Morgan fingerprint density at radius 1 is 0.739 bits per heavy atom. The highest BCUT2D eigenvalue weighted by Crippen LogP contribution is 2.67. The molecule has 1 unspecified atom stereocenters. The lowest BCUT2D eigenvalue weighted by Gasteiger charge is -2.33. The molecule has 5 rings (SSSR count). The van der Waals surface area contributed by atoms with E-state index in [1.54, 1.807) is 0 Å². The minimum absolute atomic E-state index is 0. The topological polar surface area (TPSA) is 68.4 Å². The zero-order valence-corrected chi connectivity index (χ0v) is 29.5. The van der Waals surface area contributed by atoms with E-state index in [2.05, 4.69) is 48.3 Å².